The van der Waals surface area contributed by atoms with Gasteiger partial charge in [0.15, 0.2) is 0 Å². The molecule has 0 aliphatic carbocycles. The summed E-state index contributed by atoms with van der Waals surface area (Å²) in [6.45, 7) is 1.79. The number of H-pyrrole nitrogens is 1. The summed E-state index contributed by atoms with van der Waals surface area (Å²) < 4.78 is 13.3. The Labute approximate surface area is 184 Å². The first-order chi connectivity index (χ1) is 15.7. The summed E-state index contributed by atoms with van der Waals surface area (Å²) in [5, 5.41) is 6.53. The number of carbonyl (C=O) groups excluding carboxylic acids is 1. The molecule has 0 spiro atoms. The van der Waals surface area contributed by atoms with Crippen LogP contribution in [0.3, 0.4) is 0 Å². The van der Waals surface area contributed by atoms with Gasteiger partial charge in [0.25, 0.3) is 0 Å². The molecule has 1 atom stereocenters. The predicted octanol–water partition coefficient (Wildman–Crippen LogP) is 5.13. The number of aromatic amines is 1. The van der Waals surface area contributed by atoms with Gasteiger partial charge in [-0.2, -0.15) is 0 Å². The normalized spacial score (nSPS) is 16.2. The number of nitrogens with one attached hydrogen (secondary N) is 3. The van der Waals surface area contributed by atoms with Crippen molar-refractivity contribution >= 4 is 34.3 Å². The van der Waals surface area contributed by atoms with Gasteiger partial charge in [-0.15, -0.1) is 0 Å². The second-order valence-corrected chi connectivity index (χ2v) is 7.94. The molecule has 2 aromatic carbocycles. The number of halogens is 1. The zero-order valence-corrected chi connectivity index (χ0v) is 17.4. The number of nitrogens with zero attached hydrogens (tertiary/aromatic N) is 3. The first-order valence-electron chi connectivity index (χ1n) is 10.6. The third-order valence-electron chi connectivity index (χ3n) is 5.75. The fraction of sp³-hybridized carbons (Fsp3) is 0.208. The number of carbonyl (C=O) groups is 1. The highest BCUT2D eigenvalue weighted by atomic mass is 19.1. The van der Waals surface area contributed by atoms with Crippen LogP contribution in [-0.4, -0.2) is 34.1 Å². The Morgan fingerprint density at radius 2 is 1.88 bits per heavy atom. The number of hydrogen-bond donors (Lipinski definition) is 3. The summed E-state index contributed by atoms with van der Waals surface area (Å²) in [6.07, 6.45) is 5.60. The average molecular weight is 430 g/mol. The number of aromatic nitrogens is 3. The summed E-state index contributed by atoms with van der Waals surface area (Å²) in [6, 6.07) is 15.3. The van der Waals surface area contributed by atoms with Crippen LogP contribution in [0.5, 0.6) is 0 Å². The molecule has 1 aliphatic heterocycles. The highest BCUT2D eigenvalue weighted by Gasteiger charge is 2.24. The van der Waals surface area contributed by atoms with Crippen molar-refractivity contribution in [2.24, 2.45) is 0 Å². The van der Waals surface area contributed by atoms with Crippen molar-refractivity contribution in [1.82, 2.24) is 15.0 Å². The van der Waals surface area contributed by atoms with E-state index in [1.54, 1.807) is 18.5 Å². The lowest BCUT2D eigenvalue weighted by Gasteiger charge is -2.34. The van der Waals surface area contributed by atoms with Gasteiger partial charge in [0.2, 0.25) is 0 Å². The molecular formula is C24H23FN6O. The number of hydrogen-bond acceptors (Lipinski definition) is 4. The molecule has 4 aromatic rings. The molecule has 2 amide bonds. The minimum Gasteiger partial charge on any atom is -0.355 e. The van der Waals surface area contributed by atoms with Crippen molar-refractivity contribution in [3.05, 3.63) is 78.5 Å². The first kappa shape index (κ1) is 20.0. The summed E-state index contributed by atoms with van der Waals surface area (Å²) in [7, 11) is 0. The fourth-order valence-electron chi connectivity index (χ4n) is 4.28. The Morgan fingerprint density at radius 1 is 1.06 bits per heavy atom. The lowest BCUT2D eigenvalue weighted by molar-refractivity contribution is 0.262. The van der Waals surface area contributed by atoms with E-state index in [2.05, 4.69) is 36.6 Å². The van der Waals surface area contributed by atoms with E-state index in [4.69, 9.17) is 0 Å². The lowest BCUT2D eigenvalue weighted by atomic mass is 9.90. The molecule has 1 saturated heterocycles. The Kier molecular flexibility index (Phi) is 5.41. The predicted molar refractivity (Wildman–Crippen MR) is 124 cm³/mol. The first-order valence-corrected chi connectivity index (χ1v) is 10.6. The maximum atomic E-state index is 13.3. The monoisotopic (exact) mass is 430 g/mol. The molecule has 32 heavy (non-hydrogen) atoms. The minimum absolute atomic E-state index is 0.320. The van der Waals surface area contributed by atoms with Crippen LogP contribution in [0.15, 0.2) is 67.1 Å². The van der Waals surface area contributed by atoms with Crippen LogP contribution < -0.4 is 15.5 Å². The molecule has 3 heterocycles. The number of rotatable bonds is 4. The summed E-state index contributed by atoms with van der Waals surface area (Å²) in [4.78, 5) is 26.6. The quantitative estimate of drug-likeness (QED) is 0.419. The SMILES string of the molecule is O=C(Nc1cccc(F)c1)Nc1cccc(C2CCCN(c3ncnc4[nH]ccc34)C2)c1. The molecule has 3 N–H and O–H groups in total. The van der Waals surface area contributed by atoms with Crippen LogP contribution in [-0.2, 0) is 0 Å². The Hall–Kier alpha value is -3.94. The Balaban J connectivity index is 1.29. The van der Waals surface area contributed by atoms with Crippen LogP contribution in [0.25, 0.3) is 11.0 Å². The number of amides is 2. The van der Waals surface area contributed by atoms with E-state index in [1.165, 1.54) is 12.1 Å². The second kappa shape index (κ2) is 8.66. The number of urea groups is 1. The molecule has 1 aliphatic rings. The summed E-state index contributed by atoms with van der Waals surface area (Å²) >= 11 is 0. The number of fused-ring (bicyclic) bond motifs is 1. The topological polar surface area (TPSA) is 85.9 Å². The van der Waals surface area contributed by atoms with Gasteiger partial charge in [-0.3, -0.25) is 0 Å². The molecule has 0 bridgehead atoms. The average Bonchev–Trinajstić information content (AvgIpc) is 3.28. The van der Waals surface area contributed by atoms with Gasteiger partial charge in [0, 0.05) is 36.6 Å². The van der Waals surface area contributed by atoms with Crippen molar-refractivity contribution in [2.45, 2.75) is 18.8 Å². The molecule has 8 heteroatoms. The van der Waals surface area contributed by atoms with Crippen molar-refractivity contribution in [3.63, 3.8) is 0 Å². The van der Waals surface area contributed by atoms with Gasteiger partial charge in [0.1, 0.15) is 23.6 Å². The largest absolute Gasteiger partial charge is 0.355 e. The van der Waals surface area contributed by atoms with Crippen molar-refractivity contribution in [2.75, 3.05) is 28.6 Å². The van der Waals surface area contributed by atoms with Crippen LogP contribution in [0.2, 0.25) is 0 Å². The van der Waals surface area contributed by atoms with Crippen molar-refractivity contribution in [1.29, 1.82) is 0 Å². The smallest absolute Gasteiger partial charge is 0.323 e. The highest BCUT2D eigenvalue weighted by Crippen LogP contribution is 2.32. The summed E-state index contributed by atoms with van der Waals surface area (Å²) in [5.74, 6) is 0.873. The van der Waals surface area contributed by atoms with E-state index in [0.29, 0.717) is 17.3 Å². The van der Waals surface area contributed by atoms with Crippen LogP contribution in [0.1, 0.15) is 24.3 Å². The summed E-state index contributed by atoms with van der Waals surface area (Å²) in [5.41, 5.74) is 3.11. The zero-order valence-electron chi connectivity index (χ0n) is 17.4. The molecular weight excluding hydrogens is 407 g/mol. The van der Waals surface area contributed by atoms with Gasteiger partial charge in [0.05, 0.1) is 5.39 Å². The standard InChI is InChI=1S/C24H23FN6O/c25-18-6-2-8-20(13-18)30-24(32)29-19-7-1-4-16(12-19)17-5-3-11-31(14-17)23-21-9-10-26-22(21)27-15-28-23/h1-2,4,6-10,12-13,15,17H,3,5,11,14H2,(H,26,27,28)(H2,29,30,32). The van der Waals surface area contributed by atoms with E-state index in [-0.39, 0.29) is 0 Å². The van der Waals surface area contributed by atoms with E-state index in [0.717, 1.165) is 48.3 Å². The van der Waals surface area contributed by atoms with E-state index in [1.807, 2.05) is 30.5 Å². The zero-order chi connectivity index (χ0) is 21.9. The van der Waals surface area contributed by atoms with E-state index >= 15 is 0 Å². The third kappa shape index (κ3) is 4.25. The Bertz CT molecular complexity index is 1260. The molecule has 0 saturated carbocycles. The highest BCUT2D eigenvalue weighted by molar-refractivity contribution is 5.99. The fourth-order valence-corrected chi connectivity index (χ4v) is 4.28. The minimum atomic E-state index is -0.408. The maximum Gasteiger partial charge on any atom is 0.323 e. The van der Waals surface area contributed by atoms with E-state index in [9.17, 15) is 9.18 Å². The molecule has 1 unspecified atom stereocenters. The molecule has 7 nitrogen and oxygen atoms in total. The van der Waals surface area contributed by atoms with Crippen molar-refractivity contribution in [3.8, 4) is 0 Å². The molecule has 1 fully saturated rings. The Morgan fingerprint density at radius 3 is 2.72 bits per heavy atom. The maximum absolute atomic E-state index is 13.3. The second-order valence-electron chi connectivity index (χ2n) is 7.94. The lowest BCUT2D eigenvalue weighted by Crippen LogP contribution is -2.35. The molecule has 162 valence electrons. The third-order valence-corrected chi connectivity index (χ3v) is 5.75. The van der Waals surface area contributed by atoms with Gasteiger partial charge in [-0.1, -0.05) is 18.2 Å². The van der Waals surface area contributed by atoms with Crippen LogP contribution >= 0.6 is 0 Å². The molecule has 2 aromatic heterocycles. The van der Waals surface area contributed by atoms with Crippen molar-refractivity contribution < 1.29 is 9.18 Å². The molecule has 5 rings (SSSR count). The number of piperidine rings is 1. The van der Waals surface area contributed by atoms with Gasteiger partial charge < -0.3 is 20.5 Å². The number of anilines is 3. The van der Waals surface area contributed by atoms with Crippen LogP contribution in [0.4, 0.5) is 26.4 Å². The van der Waals surface area contributed by atoms with Gasteiger partial charge in [-0.05, 0) is 54.8 Å². The number of benzene rings is 2. The molecule has 0 radical (unpaired) electrons. The van der Waals surface area contributed by atoms with Crippen LogP contribution in [0, 0.1) is 5.82 Å². The van der Waals surface area contributed by atoms with Gasteiger partial charge >= 0.3 is 6.03 Å². The van der Waals surface area contributed by atoms with E-state index < -0.39 is 11.8 Å². The van der Waals surface area contributed by atoms with Gasteiger partial charge in [-0.25, -0.2) is 19.2 Å².